The molecule has 0 aliphatic carbocycles. The number of hydrogen-bond acceptors (Lipinski definition) is 6. The highest BCUT2D eigenvalue weighted by Gasteiger charge is 2.17. The lowest BCUT2D eigenvalue weighted by molar-refractivity contribution is 0.102. The number of nitrogens with one attached hydrogen (secondary N) is 1. The molecule has 1 amide bonds. The summed E-state index contributed by atoms with van der Waals surface area (Å²) in [7, 11) is 0. The van der Waals surface area contributed by atoms with Gasteiger partial charge in [0.15, 0.2) is 5.76 Å². The van der Waals surface area contributed by atoms with Crippen LogP contribution in [0.25, 0.3) is 43.7 Å². The lowest BCUT2D eigenvalue weighted by Crippen LogP contribution is -2.13. The van der Waals surface area contributed by atoms with Crippen molar-refractivity contribution in [2.75, 3.05) is 5.32 Å². The number of anilines is 1. The fourth-order valence-corrected chi connectivity index (χ4v) is 4.48. The molecule has 0 unspecified atom stereocenters. The first-order chi connectivity index (χ1) is 16.2. The number of carbonyl (C=O) groups is 1. The molecule has 0 fully saturated rings. The standard InChI is InChI=1S/C26H16N4O2S/c31-26(29-18-3-1-9-27-14-18)20-13-22(24-4-2-10-32-24)30-21-7-5-16(11-19(20)21)17-6-8-25-23(12-17)28-15-33-25/h1-15H,(H,29,31). The topological polar surface area (TPSA) is 80.9 Å². The van der Waals surface area contributed by atoms with Gasteiger partial charge in [-0.15, -0.1) is 11.3 Å². The zero-order chi connectivity index (χ0) is 22.2. The van der Waals surface area contributed by atoms with Crippen molar-refractivity contribution in [1.82, 2.24) is 15.0 Å². The van der Waals surface area contributed by atoms with E-state index in [1.807, 2.05) is 29.8 Å². The number of amides is 1. The fraction of sp³-hybridized carbons (Fsp3) is 0. The maximum atomic E-state index is 13.3. The van der Waals surface area contributed by atoms with Crippen LogP contribution in [0.4, 0.5) is 5.69 Å². The van der Waals surface area contributed by atoms with Gasteiger partial charge in [0.25, 0.3) is 5.91 Å². The normalized spacial score (nSPS) is 11.2. The molecular weight excluding hydrogens is 432 g/mol. The monoisotopic (exact) mass is 448 g/mol. The summed E-state index contributed by atoms with van der Waals surface area (Å²) in [5, 5.41) is 3.69. The van der Waals surface area contributed by atoms with Gasteiger partial charge >= 0.3 is 0 Å². The number of carbonyl (C=O) groups excluding carboxylic acids is 1. The summed E-state index contributed by atoms with van der Waals surface area (Å²) in [5.41, 5.74) is 7.25. The SMILES string of the molecule is O=C(Nc1cccnc1)c1cc(-c2ccco2)nc2ccc(-c3ccc4scnc4c3)cc12. The van der Waals surface area contributed by atoms with Crippen molar-refractivity contribution < 1.29 is 9.21 Å². The van der Waals surface area contributed by atoms with Crippen LogP contribution >= 0.6 is 11.3 Å². The fourth-order valence-electron chi connectivity index (χ4n) is 3.82. The lowest BCUT2D eigenvalue weighted by Gasteiger charge is -2.11. The molecule has 0 aliphatic heterocycles. The molecule has 0 saturated heterocycles. The predicted molar refractivity (Wildman–Crippen MR) is 130 cm³/mol. The highest BCUT2D eigenvalue weighted by molar-refractivity contribution is 7.16. The van der Waals surface area contributed by atoms with E-state index in [9.17, 15) is 4.79 Å². The molecule has 1 N–H and O–H groups in total. The van der Waals surface area contributed by atoms with Gasteiger partial charge in [-0.1, -0.05) is 12.1 Å². The second kappa shape index (κ2) is 7.96. The minimum atomic E-state index is -0.240. The highest BCUT2D eigenvalue weighted by atomic mass is 32.1. The summed E-state index contributed by atoms with van der Waals surface area (Å²) < 4.78 is 6.68. The van der Waals surface area contributed by atoms with Crippen LogP contribution in [0.5, 0.6) is 0 Å². The Bertz CT molecular complexity index is 1610. The van der Waals surface area contributed by atoms with Crippen LogP contribution in [0, 0.1) is 0 Å². The number of benzene rings is 2. The second-order valence-corrected chi connectivity index (χ2v) is 8.38. The van der Waals surface area contributed by atoms with Crippen molar-refractivity contribution in [3.8, 4) is 22.6 Å². The Morgan fingerprint density at radius 3 is 2.70 bits per heavy atom. The van der Waals surface area contributed by atoms with Crippen LogP contribution in [0.1, 0.15) is 10.4 Å². The molecule has 0 spiro atoms. The van der Waals surface area contributed by atoms with Gasteiger partial charge in [-0.3, -0.25) is 9.78 Å². The molecular formula is C26H16N4O2S. The number of pyridine rings is 2. The first kappa shape index (κ1) is 19.3. The Morgan fingerprint density at radius 2 is 1.85 bits per heavy atom. The van der Waals surface area contributed by atoms with Crippen molar-refractivity contribution in [2.45, 2.75) is 0 Å². The molecule has 0 saturated carbocycles. The van der Waals surface area contributed by atoms with Crippen LogP contribution in [0.15, 0.2) is 95.3 Å². The van der Waals surface area contributed by atoms with E-state index in [-0.39, 0.29) is 5.91 Å². The van der Waals surface area contributed by atoms with Crippen LogP contribution in [0.2, 0.25) is 0 Å². The van der Waals surface area contributed by atoms with Gasteiger partial charge in [-0.2, -0.15) is 0 Å². The first-order valence-electron chi connectivity index (χ1n) is 10.3. The summed E-state index contributed by atoms with van der Waals surface area (Å²) in [6.07, 6.45) is 4.87. The average Bonchev–Trinajstić information content (AvgIpc) is 3.55. The van der Waals surface area contributed by atoms with E-state index in [1.54, 1.807) is 54.3 Å². The number of fused-ring (bicyclic) bond motifs is 2. The Morgan fingerprint density at radius 1 is 0.939 bits per heavy atom. The van der Waals surface area contributed by atoms with E-state index < -0.39 is 0 Å². The lowest BCUT2D eigenvalue weighted by atomic mass is 9.99. The quantitative estimate of drug-likeness (QED) is 0.337. The zero-order valence-corrected chi connectivity index (χ0v) is 18.0. The van der Waals surface area contributed by atoms with Crippen molar-refractivity contribution in [3.05, 3.63) is 96.5 Å². The molecule has 4 heterocycles. The molecule has 33 heavy (non-hydrogen) atoms. The van der Waals surface area contributed by atoms with E-state index in [4.69, 9.17) is 9.40 Å². The van der Waals surface area contributed by atoms with Crippen molar-refractivity contribution in [2.24, 2.45) is 0 Å². The number of furan rings is 1. The third-order valence-electron chi connectivity index (χ3n) is 5.41. The second-order valence-electron chi connectivity index (χ2n) is 7.49. The molecule has 0 atom stereocenters. The molecule has 6 nitrogen and oxygen atoms in total. The average molecular weight is 449 g/mol. The van der Waals surface area contributed by atoms with E-state index in [0.717, 1.165) is 26.7 Å². The zero-order valence-electron chi connectivity index (χ0n) is 17.2. The van der Waals surface area contributed by atoms with Gasteiger partial charge in [-0.25, -0.2) is 9.97 Å². The third-order valence-corrected chi connectivity index (χ3v) is 6.22. The maximum absolute atomic E-state index is 13.3. The maximum Gasteiger partial charge on any atom is 0.256 e. The van der Waals surface area contributed by atoms with Crippen molar-refractivity contribution in [3.63, 3.8) is 0 Å². The minimum Gasteiger partial charge on any atom is -0.463 e. The number of aromatic nitrogens is 3. The largest absolute Gasteiger partial charge is 0.463 e. The first-order valence-corrected chi connectivity index (χ1v) is 11.2. The van der Waals surface area contributed by atoms with E-state index in [2.05, 4.69) is 33.5 Å². The number of hydrogen-bond donors (Lipinski definition) is 1. The Kier molecular flexibility index (Phi) is 4.66. The molecule has 2 aromatic carbocycles. The van der Waals surface area contributed by atoms with E-state index in [1.165, 1.54) is 0 Å². The van der Waals surface area contributed by atoms with E-state index >= 15 is 0 Å². The van der Waals surface area contributed by atoms with Crippen molar-refractivity contribution in [1.29, 1.82) is 0 Å². The summed E-state index contributed by atoms with van der Waals surface area (Å²) in [5.74, 6) is 0.362. The number of thiazole rings is 1. The highest BCUT2D eigenvalue weighted by Crippen LogP contribution is 2.31. The minimum absolute atomic E-state index is 0.240. The smallest absolute Gasteiger partial charge is 0.256 e. The number of nitrogens with zero attached hydrogens (tertiary/aromatic N) is 3. The Hall–Kier alpha value is -4.36. The van der Waals surface area contributed by atoms with Gasteiger partial charge in [0.05, 0.1) is 45.0 Å². The Labute approximate surface area is 192 Å². The van der Waals surface area contributed by atoms with Crippen LogP contribution in [-0.2, 0) is 0 Å². The van der Waals surface area contributed by atoms with Crippen LogP contribution < -0.4 is 5.32 Å². The van der Waals surface area contributed by atoms with E-state index in [0.29, 0.717) is 28.2 Å². The molecule has 0 bridgehead atoms. The van der Waals surface area contributed by atoms with Gasteiger partial charge in [0.1, 0.15) is 5.69 Å². The summed E-state index contributed by atoms with van der Waals surface area (Å²) >= 11 is 1.61. The number of rotatable bonds is 4. The molecule has 4 aromatic heterocycles. The molecule has 158 valence electrons. The third kappa shape index (κ3) is 3.64. The van der Waals surface area contributed by atoms with Gasteiger partial charge in [0.2, 0.25) is 0 Å². The summed E-state index contributed by atoms with van der Waals surface area (Å²) in [6.45, 7) is 0. The van der Waals surface area contributed by atoms with Crippen LogP contribution in [-0.4, -0.2) is 20.9 Å². The van der Waals surface area contributed by atoms with Gasteiger partial charge in [-0.05, 0) is 65.7 Å². The predicted octanol–water partition coefficient (Wildman–Crippen LogP) is 6.42. The summed E-state index contributed by atoms with van der Waals surface area (Å²) in [4.78, 5) is 26.6. The molecule has 7 heteroatoms. The molecule has 0 radical (unpaired) electrons. The van der Waals surface area contributed by atoms with Gasteiger partial charge < -0.3 is 9.73 Å². The molecule has 0 aliphatic rings. The van der Waals surface area contributed by atoms with Gasteiger partial charge in [0, 0.05) is 11.6 Å². The molecule has 6 rings (SSSR count). The van der Waals surface area contributed by atoms with Crippen molar-refractivity contribution >= 4 is 44.1 Å². The molecule has 6 aromatic rings. The van der Waals surface area contributed by atoms with Crippen LogP contribution in [0.3, 0.4) is 0 Å². The summed E-state index contributed by atoms with van der Waals surface area (Å²) in [6, 6.07) is 21.1. The Balaban J connectivity index is 1.51.